The third-order valence-electron chi connectivity index (χ3n) is 4.03. The molecule has 4 rings (SSSR count). The summed E-state index contributed by atoms with van der Waals surface area (Å²) >= 11 is 1.06. The van der Waals surface area contributed by atoms with E-state index in [1.807, 2.05) is 12.1 Å². The lowest BCUT2D eigenvalue weighted by atomic mass is 10.2. The summed E-state index contributed by atoms with van der Waals surface area (Å²) in [6.45, 7) is 0. The summed E-state index contributed by atoms with van der Waals surface area (Å²) < 4.78 is 45.2. The second-order valence-electron chi connectivity index (χ2n) is 5.93. The molecule has 0 aliphatic carbocycles. The molecule has 152 valence electrons. The molecule has 30 heavy (non-hydrogen) atoms. The van der Waals surface area contributed by atoms with E-state index in [-0.39, 0.29) is 5.03 Å². The highest BCUT2D eigenvalue weighted by Crippen LogP contribution is 2.33. The van der Waals surface area contributed by atoms with Crippen LogP contribution in [-0.4, -0.2) is 37.1 Å². The first-order chi connectivity index (χ1) is 14.5. The number of ether oxygens (including phenoxy) is 1. The van der Waals surface area contributed by atoms with Gasteiger partial charge in [0.25, 0.3) is 0 Å². The van der Waals surface area contributed by atoms with Gasteiger partial charge in [-0.15, -0.1) is 20.4 Å². The van der Waals surface area contributed by atoms with Crippen LogP contribution in [0.2, 0.25) is 0 Å². The van der Waals surface area contributed by atoms with E-state index < -0.39 is 11.9 Å². The van der Waals surface area contributed by atoms with Crippen LogP contribution in [0.3, 0.4) is 0 Å². The molecule has 0 fully saturated rings. The maximum Gasteiger partial charge on any atom is 0.435 e. The van der Waals surface area contributed by atoms with E-state index in [2.05, 4.69) is 25.4 Å². The van der Waals surface area contributed by atoms with Gasteiger partial charge >= 0.3 is 6.18 Å². The number of alkyl halides is 3. The van der Waals surface area contributed by atoms with Crippen LogP contribution in [0, 0.1) is 0 Å². The van der Waals surface area contributed by atoms with Crippen LogP contribution in [0.15, 0.2) is 71.1 Å². The summed E-state index contributed by atoms with van der Waals surface area (Å²) in [5.74, 6) is 1.23. The van der Waals surface area contributed by atoms with Gasteiger partial charge in [0.15, 0.2) is 11.5 Å². The Bertz CT molecular complexity index is 1130. The quantitative estimate of drug-likeness (QED) is 0.467. The largest absolute Gasteiger partial charge is 0.497 e. The number of halogens is 3. The van der Waals surface area contributed by atoms with Crippen LogP contribution >= 0.6 is 11.8 Å². The summed E-state index contributed by atoms with van der Waals surface area (Å²) in [5, 5.41) is 16.1. The molecule has 0 amide bonds. The van der Waals surface area contributed by atoms with Crippen LogP contribution < -0.4 is 4.74 Å². The number of benzene rings is 1. The fraction of sp³-hybridized carbons (Fsp3) is 0.105. The zero-order chi connectivity index (χ0) is 21.1. The maximum absolute atomic E-state index is 12.7. The minimum absolute atomic E-state index is 0.256. The van der Waals surface area contributed by atoms with Gasteiger partial charge in [-0.3, -0.25) is 9.55 Å². The van der Waals surface area contributed by atoms with Crippen LogP contribution in [-0.2, 0) is 6.18 Å². The average molecular weight is 430 g/mol. The predicted molar refractivity (Wildman–Crippen MR) is 102 cm³/mol. The second kappa shape index (κ2) is 8.11. The van der Waals surface area contributed by atoms with E-state index in [0.29, 0.717) is 16.7 Å². The molecule has 11 heteroatoms. The van der Waals surface area contributed by atoms with E-state index in [0.717, 1.165) is 29.1 Å². The van der Waals surface area contributed by atoms with Gasteiger partial charge in [0.1, 0.15) is 10.8 Å². The summed E-state index contributed by atoms with van der Waals surface area (Å²) in [7, 11) is 1.57. The van der Waals surface area contributed by atoms with E-state index in [1.54, 1.807) is 48.3 Å². The van der Waals surface area contributed by atoms with Crippen molar-refractivity contribution < 1.29 is 17.9 Å². The lowest BCUT2D eigenvalue weighted by molar-refractivity contribution is -0.141. The van der Waals surface area contributed by atoms with E-state index in [9.17, 15) is 13.2 Å². The fourth-order valence-corrected chi connectivity index (χ4v) is 3.38. The lowest BCUT2D eigenvalue weighted by Crippen LogP contribution is -2.08. The number of methoxy groups -OCH3 is 1. The number of rotatable bonds is 5. The Morgan fingerprint density at radius 3 is 2.20 bits per heavy atom. The highest BCUT2D eigenvalue weighted by atomic mass is 32.2. The smallest absolute Gasteiger partial charge is 0.435 e. The van der Waals surface area contributed by atoms with Crippen molar-refractivity contribution in [2.75, 3.05) is 7.11 Å². The van der Waals surface area contributed by atoms with E-state index in [4.69, 9.17) is 4.74 Å². The van der Waals surface area contributed by atoms with Crippen LogP contribution in [0.1, 0.15) is 5.69 Å². The SMILES string of the molecule is COc1ccc(-n2c(Sc3ccc(C(F)(F)F)nn3)nnc2-c2ccncc2)cc1. The normalized spacial score (nSPS) is 11.5. The highest BCUT2D eigenvalue weighted by molar-refractivity contribution is 7.99. The average Bonchev–Trinajstić information content (AvgIpc) is 3.17. The molecule has 4 aromatic rings. The van der Waals surface area contributed by atoms with Gasteiger partial charge in [0.2, 0.25) is 5.16 Å². The monoisotopic (exact) mass is 430 g/mol. The molecular formula is C19H13F3N6OS. The Balaban J connectivity index is 1.75. The predicted octanol–water partition coefficient (Wildman–Crippen LogP) is 4.30. The number of hydrogen-bond acceptors (Lipinski definition) is 7. The molecule has 1 aromatic carbocycles. The Hall–Kier alpha value is -3.47. The molecule has 0 atom stereocenters. The summed E-state index contributed by atoms with van der Waals surface area (Å²) in [5.41, 5.74) is 0.467. The number of nitrogens with zero attached hydrogens (tertiary/aromatic N) is 6. The van der Waals surface area contributed by atoms with Crippen LogP contribution in [0.4, 0.5) is 13.2 Å². The Kier molecular flexibility index (Phi) is 5.36. The van der Waals surface area contributed by atoms with Crippen molar-refractivity contribution in [3.8, 4) is 22.8 Å². The van der Waals surface area contributed by atoms with Crippen molar-refractivity contribution >= 4 is 11.8 Å². The van der Waals surface area contributed by atoms with E-state index in [1.165, 1.54) is 6.07 Å². The topological polar surface area (TPSA) is 78.6 Å². The summed E-state index contributed by atoms with van der Waals surface area (Å²) in [6.07, 6.45) is -1.28. The standard InChI is InChI=1S/C19H13F3N6OS/c1-29-14-4-2-13(3-5-14)28-17(12-8-10-23-11-9-12)26-27-18(28)30-16-7-6-15(24-25-16)19(20,21)22/h2-11H,1H3. The molecule has 3 heterocycles. The van der Waals surface area contributed by atoms with Crippen molar-refractivity contribution in [3.63, 3.8) is 0 Å². The molecule has 0 saturated carbocycles. The minimum Gasteiger partial charge on any atom is -0.497 e. The summed E-state index contributed by atoms with van der Waals surface area (Å²) in [6, 6.07) is 12.9. The van der Waals surface area contributed by atoms with Crippen LogP contribution in [0.25, 0.3) is 17.1 Å². The van der Waals surface area contributed by atoms with Gasteiger partial charge < -0.3 is 4.74 Å². The molecule has 0 unspecified atom stereocenters. The molecule has 3 aromatic heterocycles. The van der Waals surface area contributed by atoms with Gasteiger partial charge in [-0.25, -0.2) is 0 Å². The lowest BCUT2D eigenvalue weighted by Gasteiger charge is -2.11. The Labute approximate surface area is 173 Å². The molecule has 0 aliphatic heterocycles. The molecule has 0 aliphatic rings. The van der Waals surface area contributed by atoms with Crippen molar-refractivity contribution in [2.24, 2.45) is 0 Å². The van der Waals surface area contributed by atoms with E-state index >= 15 is 0 Å². The fourth-order valence-electron chi connectivity index (χ4n) is 2.61. The van der Waals surface area contributed by atoms with Gasteiger partial charge in [-0.2, -0.15) is 13.2 Å². The zero-order valence-corrected chi connectivity index (χ0v) is 16.2. The molecule has 0 saturated heterocycles. The molecule has 0 N–H and O–H groups in total. The van der Waals surface area contributed by atoms with Crippen molar-refractivity contribution in [3.05, 3.63) is 66.6 Å². The van der Waals surface area contributed by atoms with Crippen molar-refractivity contribution in [1.82, 2.24) is 29.9 Å². The van der Waals surface area contributed by atoms with Crippen molar-refractivity contribution in [2.45, 2.75) is 16.4 Å². The van der Waals surface area contributed by atoms with Crippen LogP contribution in [0.5, 0.6) is 5.75 Å². The Morgan fingerprint density at radius 2 is 1.60 bits per heavy atom. The Morgan fingerprint density at radius 1 is 0.867 bits per heavy atom. The van der Waals surface area contributed by atoms with Gasteiger partial charge in [-0.1, -0.05) is 0 Å². The number of aromatic nitrogens is 6. The molecular weight excluding hydrogens is 417 g/mol. The first-order valence-corrected chi connectivity index (χ1v) is 9.36. The zero-order valence-electron chi connectivity index (χ0n) is 15.4. The second-order valence-corrected chi connectivity index (χ2v) is 6.92. The van der Waals surface area contributed by atoms with Gasteiger partial charge in [0.05, 0.1) is 12.8 Å². The first kappa shape index (κ1) is 19.8. The number of hydrogen-bond donors (Lipinski definition) is 0. The highest BCUT2D eigenvalue weighted by Gasteiger charge is 2.33. The minimum atomic E-state index is -4.55. The molecule has 0 bridgehead atoms. The molecule has 0 spiro atoms. The summed E-state index contributed by atoms with van der Waals surface area (Å²) in [4.78, 5) is 4.01. The third kappa shape index (κ3) is 4.10. The number of pyridine rings is 1. The van der Waals surface area contributed by atoms with Gasteiger partial charge in [0, 0.05) is 18.0 Å². The third-order valence-corrected chi connectivity index (χ3v) is 4.90. The van der Waals surface area contributed by atoms with Gasteiger partial charge in [-0.05, 0) is 60.3 Å². The molecule has 7 nitrogen and oxygen atoms in total. The first-order valence-electron chi connectivity index (χ1n) is 8.55. The van der Waals surface area contributed by atoms with Crippen molar-refractivity contribution in [1.29, 1.82) is 0 Å². The molecule has 0 radical (unpaired) electrons. The maximum atomic E-state index is 12.7.